The standard InChI is InChI=1S/C17H27N3S.HI/c1-3-18-16(19-12-7-13-21-2)20-14-17(10-11-17)15-8-5-4-6-9-15;/h4-6,8-9H,3,7,10-14H2,1-2H3,(H2,18,19,20);1H. The van der Waals surface area contributed by atoms with E-state index in [-0.39, 0.29) is 24.0 Å². The summed E-state index contributed by atoms with van der Waals surface area (Å²) in [5, 5.41) is 6.78. The monoisotopic (exact) mass is 433 g/mol. The van der Waals surface area contributed by atoms with E-state index < -0.39 is 0 Å². The van der Waals surface area contributed by atoms with E-state index >= 15 is 0 Å². The maximum Gasteiger partial charge on any atom is 0.191 e. The zero-order chi connectivity index (χ0) is 15.0. The lowest BCUT2D eigenvalue weighted by molar-refractivity contribution is 0.691. The number of thioether (sulfide) groups is 1. The summed E-state index contributed by atoms with van der Waals surface area (Å²) in [6.07, 6.45) is 5.84. The lowest BCUT2D eigenvalue weighted by Gasteiger charge is -2.15. The molecule has 1 aliphatic carbocycles. The van der Waals surface area contributed by atoms with Gasteiger partial charge in [-0.15, -0.1) is 24.0 Å². The number of nitrogens with zero attached hydrogens (tertiary/aromatic N) is 1. The molecule has 0 spiro atoms. The van der Waals surface area contributed by atoms with Crippen molar-refractivity contribution < 1.29 is 0 Å². The zero-order valence-corrected chi connectivity index (χ0v) is 16.7. The number of benzene rings is 1. The van der Waals surface area contributed by atoms with Crippen LogP contribution in [0.25, 0.3) is 0 Å². The molecular formula is C17H28IN3S. The molecule has 2 rings (SSSR count). The highest BCUT2D eigenvalue weighted by atomic mass is 127. The fraction of sp³-hybridized carbons (Fsp3) is 0.588. The minimum atomic E-state index is 0. The van der Waals surface area contributed by atoms with Crippen LogP contribution in [0.1, 0.15) is 31.7 Å². The molecule has 1 saturated carbocycles. The van der Waals surface area contributed by atoms with E-state index in [0.29, 0.717) is 5.41 Å². The van der Waals surface area contributed by atoms with Gasteiger partial charge in [-0.1, -0.05) is 30.3 Å². The third-order valence-electron chi connectivity index (χ3n) is 3.94. The second-order valence-electron chi connectivity index (χ2n) is 5.61. The molecule has 22 heavy (non-hydrogen) atoms. The van der Waals surface area contributed by atoms with Crippen molar-refractivity contribution >= 4 is 41.7 Å². The zero-order valence-electron chi connectivity index (χ0n) is 13.6. The number of guanidine groups is 1. The number of aliphatic imine (C=N–C) groups is 1. The molecule has 0 heterocycles. The van der Waals surface area contributed by atoms with Crippen LogP contribution in [0.5, 0.6) is 0 Å². The average molecular weight is 433 g/mol. The van der Waals surface area contributed by atoms with E-state index in [4.69, 9.17) is 4.99 Å². The van der Waals surface area contributed by atoms with Crippen molar-refractivity contribution in [3.63, 3.8) is 0 Å². The smallest absolute Gasteiger partial charge is 0.191 e. The highest BCUT2D eigenvalue weighted by molar-refractivity contribution is 14.0. The maximum absolute atomic E-state index is 4.81. The Labute approximate surface area is 156 Å². The van der Waals surface area contributed by atoms with Crippen LogP contribution in [0.4, 0.5) is 0 Å². The van der Waals surface area contributed by atoms with E-state index in [1.807, 2.05) is 11.8 Å². The van der Waals surface area contributed by atoms with Crippen LogP contribution < -0.4 is 10.6 Å². The minimum absolute atomic E-state index is 0. The van der Waals surface area contributed by atoms with E-state index in [1.165, 1.54) is 30.6 Å². The quantitative estimate of drug-likeness (QED) is 0.285. The normalized spacial score (nSPS) is 15.8. The topological polar surface area (TPSA) is 36.4 Å². The lowest BCUT2D eigenvalue weighted by atomic mass is 9.96. The number of hydrogen-bond donors (Lipinski definition) is 2. The van der Waals surface area contributed by atoms with Gasteiger partial charge < -0.3 is 10.6 Å². The van der Waals surface area contributed by atoms with Gasteiger partial charge in [-0.05, 0) is 43.8 Å². The van der Waals surface area contributed by atoms with Gasteiger partial charge in [0, 0.05) is 18.5 Å². The summed E-state index contributed by atoms with van der Waals surface area (Å²) in [6, 6.07) is 10.8. The predicted molar refractivity (Wildman–Crippen MR) is 110 cm³/mol. The fourth-order valence-corrected chi connectivity index (χ4v) is 2.91. The summed E-state index contributed by atoms with van der Waals surface area (Å²) in [5.41, 5.74) is 1.73. The van der Waals surface area contributed by atoms with Gasteiger partial charge >= 0.3 is 0 Å². The Hall–Kier alpha value is -0.430. The van der Waals surface area contributed by atoms with Gasteiger partial charge in [0.25, 0.3) is 0 Å². The van der Waals surface area contributed by atoms with Crippen LogP contribution in [0, 0.1) is 0 Å². The molecule has 1 aromatic carbocycles. The summed E-state index contributed by atoms with van der Waals surface area (Å²) in [7, 11) is 0. The first kappa shape index (κ1) is 19.6. The van der Waals surface area contributed by atoms with E-state index in [9.17, 15) is 0 Å². The molecule has 0 amide bonds. The predicted octanol–water partition coefficient (Wildman–Crippen LogP) is 3.64. The molecule has 0 atom stereocenters. The third kappa shape index (κ3) is 5.99. The molecule has 124 valence electrons. The first-order chi connectivity index (χ1) is 10.3. The molecule has 1 aliphatic rings. The Bertz CT molecular complexity index is 446. The summed E-state index contributed by atoms with van der Waals surface area (Å²) >= 11 is 1.89. The van der Waals surface area contributed by atoms with Crippen LogP contribution >= 0.6 is 35.7 Å². The highest BCUT2D eigenvalue weighted by Gasteiger charge is 2.43. The van der Waals surface area contributed by atoms with Gasteiger partial charge in [0.1, 0.15) is 0 Å². The molecule has 0 saturated heterocycles. The molecule has 0 unspecified atom stereocenters. The largest absolute Gasteiger partial charge is 0.357 e. The molecule has 0 aromatic heterocycles. The molecular weight excluding hydrogens is 405 g/mol. The van der Waals surface area contributed by atoms with E-state index in [0.717, 1.165) is 25.6 Å². The summed E-state index contributed by atoms with van der Waals surface area (Å²) in [4.78, 5) is 4.81. The van der Waals surface area contributed by atoms with Crippen LogP contribution in [0.2, 0.25) is 0 Å². The average Bonchev–Trinajstić information content (AvgIpc) is 3.31. The van der Waals surface area contributed by atoms with Crippen molar-refractivity contribution in [1.82, 2.24) is 10.6 Å². The molecule has 2 N–H and O–H groups in total. The van der Waals surface area contributed by atoms with Gasteiger partial charge in [0.2, 0.25) is 0 Å². The first-order valence-corrected chi connectivity index (χ1v) is 9.27. The fourth-order valence-electron chi connectivity index (χ4n) is 2.48. The van der Waals surface area contributed by atoms with Crippen LogP contribution in [-0.2, 0) is 5.41 Å². The van der Waals surface area contributed by atoms with Gasteiger partial charge in [-0.3, -0.25) is 4.99 Å². The van der Waals surface area contributed by atoms with Gasteiger partial charge in [0.05, 0.1) is 6.54 Å². The molecule has 0 bridgehead atoms. The van der Waals surface area contributed by atoms with Crippen molar-refractivity contribution in [2.75, 3.05) is 31.6 Å². The van der Waals surface area contributed by atoms with Gasteiger partial charge in [-0.25, -0.2) is 0 Å². The van der Waals surface area contributed by atoms with Crippen molar-refractivity contribution in [3.05, 3.63) is 35.9 Å². The molecule has 3 nitrogen and oxygen atoms in total. The Balaban J connectivity index is 0.00000242. The Kier molecular flexibility index (Phi) is 9.24. The van der Waals surface area contributed by atoms with Gasteiger partial charge in [-0.2, -0.15) is 11.8 Å². The van der Waals surface area contributed by atoms with Crippen molar-refractivity contribution in [2.45, 2.75) is 31.6 Å². The second-order valence-corrected chi connectivity index (χ2v) is 6.60. The van der Waals surface area contributed by atoms with Crippen LogP contribution in [-0.4, -0.2) is 37.6 Å². The summed E-state index contributed by atoms with van der Waals surface area (Å²) < 4.78 is 0. The molecule has 1 fully saturated rings. The molecule has 0 aliphatic heterocycles. The SMILES string of the molecule is CCNC(=NCC1(c2ccccc2)CC1)NCCCSC.I. The number of halogens is 1. The Morgan fingerprint density at radius 3 is 2.55 bits per heavy atom. The van der Waals surface area contributed by atoms with Crippen LogP contribution in [0.3, 0.4) is 0 Å². The molecule has 0 radical (unpaired) electrons. The second kappa shape index (κ2) is 10.4. The lowest BCUT2D eigenvalue weighted by Crippen LogP contribution is -2.38. The number of hydrogen-bond acceptors (Lipinski definition) is 2. The number of rotatable bonds is 8. The Morgan fingerprint density at radius 1 is 1.23 bits per heavy atom. The third-order valence-corrected chi connectivity index (χ3v) is 4.64. The van der Waals surface area contributed by atoms with Crippen molar-refractivity contribution in [2.24, 2.45) is 4.99 Å². The van der Waals surface area contributed by atoms with Crippen molar-refractivity contribution in [3.8, 4) is 0 Å². The first-order valence-electron chi connectivity index (χ1n) is 7.87. The highest BCUT2D eigenvalue weighted by Crippen LogP contribution is 2.48. The number of nitrogens with one attached hydrogen (secondary N) is 2. The minimum Gasteiger partial charge on any atom is -0.357 e. The molecule has 1 aromatic rings. The molecule has 5 heteroatoms. The summed E-state index contributed by atoms with van der Waals surface area (Å²) in [5.74, 6) is 2.15. The maximum atomic E-state index is 4.81. The van der Waals surface area contributed by atoms with Crippen LogP contribution in [0.15, 0.2) is 35.3 Å². The summed E-state index contributed by atoms with van der Waals surface area (Å²) in [6.45, 7) is 4.90. The van der Waals surface area contributed by atoms with E-state index in [2.05, 4.69) is 54.1 Å². The Morgan fingerprint density at radius 2 is 1.95 bits per heavy atom. The van der Waals surface area contributed by atoms with Crippen molar-refractivity contribution in [1.29, 1.82) is 0 Å². The van der Waals surface area contributed by atoms with E-state index in [1.54, 1.807) is 0 Å². The van der Waals surface area contributed by atoms with Gasteiger partial charge in [0.15, 0.2) is 5.96 Å².